The van der Waals surface area contributed by atoms with Crippen molar-refractivity contribution in [3.05, 3.63) is 92.1 Å². The summed E-state index contributed by atoms with van der Waals surface area (Å²) >= 11 is 6.48. The summed E-state index contributed by atoms with van der Waals surface area (Å²) in [6.07, 6.45) is 1.56. The van der Waals surface area contributed by atoms with Crippen LogP contribution in [0.2, 0.25) is 0 Å². The van der Waals surface area contributed by atoms with Crippen molar-refractivity contribution in [2.75, 3.05) is 7.11 Å². The van der Waals surface area contributed by atoms with Gasteiger partial charge in [0.25, 0.3) is 11.6 Å². The standard InChI is InChI=1S/C22H16I3N3O5/c1-32-20-10-15(4-7-17(20)23)22(29)27-26-11-14-8-18(24)21(19(25)9-14)33-12-13-2-5-16(6-3-13)28(30)31/h2-11H,12H2,1H3,(H,27,29)/b26-11-. The number of nitrogens with zero attached hydrogens (tertiary/aromatic N) is 2. The largest absolute Gasteiger partial charge is 0.496 e. The van der Waals surface area contributed by atoms with Gasteiger partial charge in [0.05, 0.1) is 29.0 Å². The number of hydrogen-bond donors (Lipinski definition) is 1. The third-order valence-electron chi connectivity index (χ3n) is 4.34. The number of methoxy groups -OCH3 is 1. The van der Waals surface area contributed by atoms with Crippen LogP contribution in [0.25, 0.3) is 0 Å². The zero-order valence-corrected chi connectivity index (χ0v) is 23.5. The Morgan fingerprint density at radius 3 is 2.33 bits per heavy atom. The maximum absolute atomic E-state index is 12.3. The first-order chi connectivity index (χ1) is 15.8. The van der Waals surface area contributed by atoms with Gasteiger partial charge in [-0.05, 0) is 121 Å². The van der Waals surface area contributed by atoms with E-state index in [4.69, 9.17) is 9.47 Å². The van der Waals surface area contributed by atoms with Crippen molar-refractivity contribution in [1.29, 1.82) is 0 Å². The Balaban J connectivity index is 1.63. The lowest BCUT2D eigenvalue weighted by Crippen LogP contribution is -2.17. The molecule has 0 bridgehead atoms. The van der Waals surface area contributed by atoms with E-state index in [9.17, 15) is 14.9 Å². The van der Waals surface area contributed by atoms with Gasteiger partial charge >= 0.3 is 0 Å². The number of carbonyl (C=O) groups excluding carboxylic acids is 1. The second-order valence-corrected chi connectivity index (χ2v) is 10.1. The van der Waals surface area contributed by atoms with Crippen LogP contribution in [0.5, 0.6) is 11.5 Å². The van der Waals surface area contributed by atoms with E-state index < -0.39 is 4.92 Å². The fraction of sp³-hybridized carbons (Fsp3) is 0.0909. The van der Waals surface area contributed by atoms with Gasteiger partial charge in [-0.1, -0.05) is 0 Å². The van der Waals surface area contributed by atoms with Gasteiger partial charge in [-0.3, -0.25) is 14.9 Å². The zero-order chi connectivity index (χ0) is 24.0. The number of non-ortho nitro benzene ring substituents is 1. The predicted octanol–water partition coefficient (Wildman–Crippen LogP) is 5.76. The Kier molecular flexibility index (Phi) is 9.25. The average Bonchev–Trinajstić information content (AvgIpc) is 2.79. The van der Waals surface area contributed by atoms with Crippen molar-refractivity contribution in [1.82, 2.24) is 5.43 Å². The van der Waals surface area contributed by atoms with E-state index in [1.54, 1.807) is 43.7 Å². The van der Waals surface area contributed by atoms with Gasteiger partial charge < -0.3 is 9.47 Å². The summed E-state index contributed by atoms with van der Waals surface area (Å²) < 4.78 is 13.8. The van der Waals surface area contributed by atoms with Crippen molar-refractivity contribution < 1.29 is 19.2 Å². The number of benzene rings is 3. The number of nitro benzene ring substituents is 1. The summed E-state index contributed by atoms with van der Waals surface area (Å²) in [7, 11) is 1.56. The highest BCUT2D eigenvalue weighted by molar-refractivity contribution is 14.1. The molecule has 3 rings (SSSR count). The van der Waals surface area contributed by atoms with Crippen LogP contribution in [0.1, 0.15) is 21.5 Å². The summed E-state index contributed by atoms with van der Waals surface area (Å²) in [6.45, 7) is 0.285. The number of rotatable bonds is 8. The third kappa shape index (κ3) is 6.99. The Morgan fingerprint density at radius 1 is 1.06 bits per heavy atom. The van der Waals surface area contributed by atoms with Gasteiger partial charge in [-0.15, -0.1) is 0 Å². The zero-order valence-electron chi connectivity index (χ0n) is 17.1. The molecule has 3 aromatic rings. The highest BCUT2D eigenvalue weighted by Crippen LogP contribution is 2.29. The predicted molar refractivity (Wildman–Crippen MR) is 150 cm³/mol. The minimum absolute atomic E-state index is 0.0415. The lowest BCUT2D eigenvalue weighted by molar-refractivity contribution is -0.384. The highest BCUT2D eigenvalue weighted by Gasteiger charge is 2.11. The maximum Gasteiger partial charge on any atom is 0.271 e. The number of halogens is 3. The fourth-order valence-electron chi connectivity index (χ4n) is 2.69. The van der Waals surface area contributed by atoms with Crippen molar-refractivity contribution in [3.8, 4) is 11.5 Å². The molecule has 0 spiro atoms. The highest BCUT2D eigenvalue weighted by atomic mass is 127. The van der Waals surface area contributed by atoms with E-state index in [1.807, 2.05) is 12.1 Å². The lowest BCUT2D eigenvalue weighted by atomic mass is 10.2. The SMILES string of the molecule is COc1cc(C(=O)N/N=C\c2cc(I)c(OCc3ccc([N+](=O)[O-])cc3)c(I)c2)ccc1I. The van der Waals surface area contributed by atoms with E-state index >= 15 is 0 Å². The van der Waals surface area contributed by atoms with E-state index in [2.05, 4.69) is 78.3 Å². The Morgan fingerprint density at radius 2 is 1.73 bits per heavy atom. The molecular weight excluding hydrogens is 767 g/mol. The first-order valence-corrected chi connectivity index (χ1v) is 12.5. The molecular formula is C22H16I3N3O5. The van der Waals surface area contributed by atoms with Crippen molar-refractivity contribution in [3.63, 3.8) is 0 Å². The van der Waals surface area contributed by atoms with Gasteiger partial charge in [-0.2, -0.15) is 5.10 Å². The van der Waals surface area contributed by atoms with Crippen molar-refractivity contribution in [2.24, 2.45) is 5.10 Å². The molecule has 11 heteroatoms. The minimum Gasteiger partial charge on any atom is -0.496 e. The number of ether oxygens (including phenoxy) is 2. The van der Waals surface area contributed by atoms with E-state index in [0.717, 1.165) is 21.8 Å². The first-order valence-electron chi connectivity index (χ1n) is 9.30. The molecule has 0 aliphatic carbocycles. The number of carbonyl (C=O) groups is 1. The number of amides is 1. The van der Waals surface area contributed by atoms with Crippen LogP contribution in [-0.2, 0) is 6.61 Å². The summed E-state index contributed by atoms with van der Waals surface area (Å²) in [5.74, 6) is 0.996. The smallest absolute Gasteiger partial charge is 0.271 e. The fourth-order valence-corrected chi connectivity index (χ4v) is 5.38. The van der Waals surface area contributed by atoms with Crippen LogP contribution < -0.4 is 14.9 Å². The van der Waals surface area contributed by atoms with Crippen LogP contribution in [0.3, 0.4) is 0 Å². The topological polar surface area (TPSA) is 103 Å². The normalized spacial score (nSPS) is 10.8. The summed E-state index contributed by atoms with van der Waals surface area (Å²) in [4.78, 5) is 22.7. The average molecular weight is 783 g/mol. The molecule has 0 unspecified atom stereocenters. The number of nitro groups is 1. The molecule has 0 atom stereocenters. The van der Waals surface area contributed by atoms with Crippen LogP contribution >= 0.6 is 67.8 Å². The number of nitrogens with one attached hydrogen (secondary N) is 1. The number of hydrogen-bond acceptors (Lipinski definition) is 6. The molecule has 3 aromatic carbocycles. The maximum atomic E-state index is 12.3. The van der Waals surface area contributed by atoms with Crippen LogP contribution in [-0.4, -0.2) is 24.2 Å². The molecule has 0 saturated heterocycles. The lowest BCUT2D eigenvalue weighted by Gasteiger charge is -2.11. The second-order valence-electron chi connectivity index (χ2n) is 6.57. The van der Waals surface area contributed by atoms with E-state index in [1.165, 1.54) is 12.1 Å². The monoisotopic (exact) mass is 783 g/mol. The first kappa shape index (κ1) is 25.6. The molecule has 0 aliphatic rings. The van der Waals surface area contributed by atoms with E-state index in [-0.39, 0.29) is 18.2 Å². The Hall–Kier alpha value is -2.01. The molecule has 33 heavy (non-hydrogen) atoms. The van der Waals surface area contributed by atoms with Crippen LogP contribution in [0.15, 0.2) is 59.7 Å². The molecule has 0 saturated carbocycles. The van der Waals surface area contributed by atoms with Crippen molar-refractivity contribution >= 4 is 85.6 Å². The van der Waals surface area contributed by atoms with Gasteiger partial charge in [0.1, 0.15) is 18.1 Å². The van der Waals surface area contributed by atoms with Gasteiger partial charge in [0, 0.05) is 17.7 Å². The molecule has 1 N–H and O–H groups in total. The van der Waals surface area contributed by atoms with Crippen LogP contribution in [0.4, 0.5) is 5.69 Å². The summed E-state index contributed by atoms with van der Waals surface area (Å²) in [5, 5.41) is 14.8. The molecule has 0 fully saturated rings. The van der Waals surface area contributed by atoms with Crippen LogP contribution in [0, 0.1) is 20.8 Å². The Labute approximate surface area is 230 Å². The summed E-state index contributed by atoms with van der Waals surface area (Å²) in [6, 6.07) is 15.2. The van der Waals surface area contributed by atoms with Gasteiger partial charge in [-0.25, -0.2) is 5.43 Å². The van der Waals surface area contributed by atoms with Crippen molar-refractivity contribution in [2.45, 2.75) is 6.61 Å². The minimum atomic E-state index is -0.434. The molecule has 0 aliphatic heterocycles. The van der Waals surface area contributed by atoms with E-state index in [0.29, 0.717) is 17.1 Å². The molecule has 8 nitrogen and oxygen atoms in total. The quantitative estimate of drug-likeness (QED) is 0.136. The molecule has 1 amide bonds. The van der Waals surface area contributed by atoms with Gasteiger partial charge in [0.15, 0.2) is 0 Å². The third-order valence-corrected chi connectivity index (χ3v) is 6.84. The number of hydrazone groups is 1. The Bertz CT molecular complexity index is 1190. The second kappa shape index (κ2) is 11.9. The molecule has 0 aromatic heterocycles. The molecule has 0 radical (unpaired) electrons. The summed E-state index contributed by atoms with van der Waals surface area (Å²) in [5.41, 5.74) is 4.63. The molecule has 170 valence electrons. The van der Waals surface area contributed by atoms with Gasteiger partial charge in [0.2, 0.25) is 0 Å². The molecule has 0 heterocycles.